The molecule has 0 fully saturated rings. The van der Waals surface area contributed by atoms with Gasteiger partial charge in [-0.15, -0.1) is 0 Å². The van der Waals surface area contributed by atoms with E-state index < -0.39 is 0 Å². The van der Waals surface area contributed by atoms with Gasteiger partial charge in [-0.2, -0.15) is 0 Å². The lowest BCUT2D eigenvalue weighted by molar-refractivity contribution is 0.414. The number of benzene rings is 2. The van der Waals surface area contributed by atoms with Gasteiger partial charge < -0.3 is 9.47 Å². The molecule has 8 heteroatoms. The smallest absolute Gasteiger partial charge is 0.279 e. The van der Waals surface area contributed by atoms with Crippen LogP contribution in [0, 0.1) is 13.8 Å². The van der Waals surface area contributed by atoms with Crippen LogP contribution >= 0.6 is 0 Å². The van der Waals surface area contributed by atoms with E-state index >= 15 is 0 Å². The molecule has 2 heterocycles. The van der Waals surface area contributed by atoms with Crippen LogP contribution in [0.15, 0.2) is 58.1 Å². The molecule has 0 atom stereocenters. The lowest BCUT2D eigenvalue weighted by Crippen LogP contribution is -2.20. The number of aryl methyl sites for hydroxylation is 2. The zero-order chi connectivity index (χ0) is 21.4. The predicted molar refractivity (Wildman–Crippen MR) is 114 cm³/mol. The van der Waals surface area contributed by atoms with Gasteiger partial charge in [0.1, 0.15) is 11.5 Å². The molecular formula is C22H22N4O4. The van der Waals surface area contributed by atoms with Crippen LogP contribution in [-0.2, 0) is 0 Å². The summed E-state index contributed by atoms with van der Waals surface area (Å²) in [5.41, 5.74) is 2.62. The molecule has 0 aliphatic carbocycles. The third kappa shape index (κ3) is 3.12. The summed E-state index contributed by atoms with van der Waals surface area (Å²) in [6.07, 6.45) is 0. The first-order valence-electron chi connectivity index (χ1n) is 9.37. The molecule has 0 amide bonds. The molecule has 2 aromatic carbocycles. The number of aromatic nitrogens is 4. The third-order valence-electron chi connectivity index (χ3n) is 5.05. The van der Waals surface area contributed by atoms with E-state index in [1.54, 1.807) is 76.6 Å². The van der Waals surface area contributed by atoms with Gasteiger partial charge in [-0.25, -0.2) is 9.36 Å². The summed E-state index contributed by atoms with van der Waals surface area (Å²) in [5, 5.41) is 6.14. The van der Waals surface area contributed by atoms with Crippen LogP contribution in [0.3, 0.4) is 0 Å². The largest absolute Gasteiger partial charge is 0.497 e. The summed E-state index contributed by atoms with van der Waals surface area (Å²) in [6, 6.07) is 14.2. The van der Waals surface area contributed by atoms with Crippen molar-refractivity contribution in [3.63, 3.8) is 0 Å². The first kappa shape index (κ1) is 19.4. The summed E-state index contributed by atoms with van der Waals surface area (Å²) < 4.78 is 13.2. The minimum atomic E-state index is -0.293. The summed E-state index contributed by atoms with van der Waals surface area (Å²) in [7, 11) is 3.17. The van der Waals surface area contributed by atoms with E-state index in [1.807, 2.05) is 0 Å². The van der Waals surface area contributed by atoms with Crippen molar-refractivity contribution in [2.24, 2.45) is 0 Å². The Hall–Kier alpha value is -3.94. The molecule has 2 N–H and O–H groups in total. The van der Waals surface area contributed by atoms with E-state index in [0.29, 0.717) is 45.4 Å². The minimum absolute atomic E-state index is 0.293. The summed E-state index contributed by atoms with van der Waals surface area (Å²) in [5.74, 6) is 1.39. The molecule has 0 aliphatic rings. The normalized spacial score (nSPS) is 10.9. The van der Waals surface area contributed by atoms with E-state index in [1.165, 1.54) is 9.36 Å². The van der Waals surface area contributed by atoms with Crippen molar-refractivity contribution in [1.29, 1.82) is 0 Å². The number of hydrogen-bond donors (Lipinski definition) is 2. The van der Waals surface area contributed by atoms with Gasteiger partial charge in [-0.05, 0) is 62.4 Å². The summed E-state index contributed by atoms with van der Waals surface area (Å²) in [4.78, 5) is 26.4. The van der Waals surface area contributed by atoms with Crippen LogP contribution in [-0.4, -0.2) is 33.8 Å². The van der Waals surface area contributed by atoms with Crippen molar-refractivity contribution in [1.82, 2.24) is 19.6 Å². The number of H-pyrrole nitrogens is 2. The standard InChI is InChI=1S/C22H22N4O4/c1-13-19(21(27)25(23-13)15-5-9-17(29-3)10-6-15)20-14(2)24-26(22(20)28)16-7-11-18(30-4)12-8-16/h5-12,23-24H,1-4H3. The van der Waals surface area contributed by atoms with Crippen molar-refractivity contribution in [3.05, 3.63) is 80.6 Å². The Morgan fingerprint density at radius 2 is 0.967 bits per heavy atom. The van der Waals surface area contributed by atoms with Gasteiger partial charge in [0.2, 0.25) is 0 Å². The molecule has 2 aromatic heterocycles. The Morgan fingerprint density at radius 1 is 0.633 bits per heavy atom. The first-order valence-corrected chi connectivity index (χ1v) is 9.37. The van der Waals surface area contributed by atoms with Gasteiger partial charge in [-0.1, -0.05) is 0 Å². The van der Waals surface area contributed by atoms with Gasteiger partial charge in [0.15, 0.2) is 0 Å². The van der Waals surface area contributed by atoms with E-state index in [0.717, 1.165) is 0 Å². The van der Waals surface area contributed by atoms with Crippen molar-refractivity contribution in [3.8, 4) is 34.0 Å². The average molecular weight is 406 g/mol. The van der Waals surface area contributed by atoms with Crippen LogP contribution in [0.2, 0.25) is 0 Å². The fourth-order valence-electron chi connectivity index (χ4n) is 3.51. The maximum atomic E-state index is 13.2. The Morgan fingerprint density at radius 3 is 1.27 bits per heavy atom. The molecule has 154 valence electrons. The van der Waals surface area contributed by atoms with E-state index in [-0.39, 0.29) is 11.1 Å². The molecule has 0 aliphatic heterocycles. The second-order valence-corrected chi connectivity index (χ2v) is 6.90. The van der Waals surface area contributed by atoms with Gasteiger partial charge in [0.25, 0.3) is 11.1 Å². The van der Waals surface area contributed by atoms with Crippen molar-refractivity contribution >= 4 is 0 Å². The number of aromatic amines is 2. The summed E-state index contributed by atoms with van der Waals surface area (Å²) >= 11 is 0. The number of methoxy groups -OCH3 is 2. The molecule has 4 rings (SSSR count). The molecule has 30 heavy (non-hydrogen) atoms. The first-order chi connectivity index (χ1) is 14.4. The molecule has 0 saturated carbocycles. The van der Waals surface area contributed by atoms with E-state index in [2.05, 4.69) is 10.2 Å². The Bertz CT molecular complexity index is 1200. The number of nitrogens with zero attached hydrogens (tertiary/aromatic N) is 2. The molecular weight excluding hydrogens is 384 g/mol. The van der Waals surface area contributed by atoms with E-state index in [4.69, 9.17) is 9.47 Å². The maximum Gasteiger partial charge on any atom is 0.279 e. The molecule has 0 spiro atoms. The fraction of sp³-hybridized carbons (Fsp3) is 0.182. The van der Waals surface area contributed by atoms with Gasteiger partial charge in [-0.3, -0.25) is 19.8 Å². The molecule has 0 unspecified atom stereocenters. The number of ether oxygens (including phenoxy) is 2. The lowest BCUT2D eigenvalue weighted by atomic mass is 10.1. The van der Waals surface area contributed by atoms with E-state index in [9.17, 15) is 9.59 Å². The van der Waals surface area contributed by atoms with Crippen LogP contribution in [0.4, 0.5) is 0 Å². The van der Waals surface area contributed by atoms with Crippen LogP contribution in [0.25, 0.3) is 22.5 Å². The highest BCUT2D eigenvalue weighted by Crippen LogP contribution is 2.22. The monoisotopic (exact) mass is 406 g/mol. The number of nitrogens with one attached hydrogen (secondary N) is 2. The number of rotatable bonds is 5. The summed E-state index contributed by atoms with van der Waals surface area (Å²) in [6.45, 7) is 3.56. The van der Waals surface area contributed by atoms with Gasteiger partial charge in [0.05, 0.1) is 36.7 Å². The molecule has 0 bridgehead atoms. The molecule has 0 saturated heterocycles. The minimum Gasteiger partial charge on any atom is -0.497 e. The Labute approximate surface area is 172 Å². The quantitative estimate of drug-likeness (QED) is 0.533. The van der Waals surface area contributed by atoms with Crippen LogP contribution in [0.5, 0.6) is 11.5 Å². The van der Waals surface area contributed by atoms with Gasteiger partial charge >= 0.3 is 0 Å². The van der Waals surface area contributed by atoms with Crippen LogP contribution in [0.1, 0.15) is 11.4 Å². The Balaban J connectivity index is 1.83. The fourth-order valence-corrected chi connectivity index (χ4v) is 3.51. The molecule has 4 aromatic rings. The molecule has 0 radical (unpaired) electrons. The second-order valence-electron chi connectivity index (χ2n) is 6.90. The predicted octanol–water partition coefficient (Wildman–Crippen LogP) is 2.95. The maximum absolute atomic E-state index is 13.2. The third-order valence-corrected chi connectivity index (χ3v) is 5.05. The van der Waals surface area contributed by atoms with Crippen molar-refractivity contribution < 1.29 is 9.47 Å². The molecule has 8 nitrogen and oxygen atoms in total. The zero-order valence-corrected chi connectivity index (χ0v) is 17.1. The van der Waals surface area contributed by atoms with Crippen LogP contribution < -0.4 is 20.6 Å². The second kappa shape index (κ2) is 7.47. The Kier molecular flexibility index (Phi) is 4.83. The van der Waals surface area contributed by atoms with Gasteiger partial charge in [0, 0.05) is 11.4 Å². The average Bonchev–Trinajstić information content (AvgIpc) is 3.22. The highest BCUT2D eigenvalue weighted by Gasteiger charge is 2.22. The highest BCUT2D eigenvalue weighted by molar-refractivity contribution is 5.67. The zero-order valence-electron chi connectivity index (χ0n) is 17.1. The number of hydrogen-bond acceptors (Lipinski definition) is 4. The lowest BCUT2D eigenvalue weighted by Gasteiger charge is -2.03. The highest BCUT2D eigenvalue weighted by atomic mass is 16.5. The van der Waals surface area contributed by atoms with Crippen molar-refractivity contribution in [2.45, 2.75) is 13.8 Å². The SMILES string of the molecule is COc1ccc(-n2[nH]c(C)c(-c3c(C)[nH]n(-c4ccc(OC)cc4)c3=O)c2=O)cc1. The van der Waals surface area contributed by atoms with Crippen molar-refractivity contribution in [2.75, 3.05) is 14.2 Å². The topological polar surface area (TPSA) is 94.0 Å².